The zero-order valence-corrected chi connectivity index (χ0v) is 15.6. The van der Waals surface area contributed by atoms with Crippen LogP contribution in [0.15, 0.2) is 81.2 Å². The summed E-state index contributed by atoms with van der Waals surface area (Å²) in [6.45, 7) is 0. The van der Waals surface area contributed by atoms with Crippen LogP contribution in [0.1, 0.15) is 0 Å². The van der Waals surface area contributed by atoms with Gasteiger partial charge in [0.1, 0.15) is 0 Å². The Hall–Kier alpha value is -3.92. The van der Waals surface area contributed by atoms with Crippen molar-refractivity contribution in [3.05, 3.63) is 77.7 Å². The highest BCUT2D eigenvalue weighted by Gasteiger charge is 2.17. The van der Waals surface area contributed by atoms with Gasteiger partial charge in [0, 0.05) is 29.8 Å². The lowest BCUT2D eigenvalue weighted by molar-refractivity contribution is 0.555. The Bertz CT molecular complexity index is 1500. The molecule has 0 spiro atoms. The predicted octanol–water partition coefficient (Wildman–Crippen LogP) is 2.63. The fourth-order valence-corrected chi connectivity index (χ4v) is 4.10. The Labute approximate surface area is 163 Å². The van der Waals surface area contributed by atoms with E-state index in [0.29, 0.717) is 22.7 Å². The topological polar surface area (TPSA) is 122 Å². The summed E-state index contributed by atoms with van der Waals surface area (Å²) in [5.74, 6) is -0.0898. The van der Waals surface area contributed by atoms with Crippen LogP contribution >= 0.6 is 0 Å². The van der Waals surface area contributed by atoms with Crippen LogP contribution in [0.3, 0.4) is 0 Å². The first-order valence-corrected chi connectivity index (χ1v) is 10.0. The number of rotatable bonds is 4. The van der Waals surface area contributed by atoms with Gasteiger partial charge in [0.25, 0.3) is 10.0 Å². The lowest BCUT2D eigenvalue weighted by atomic mass is 10.1. The Morgan fingerprint density at radius 1 is 1.10 bits per heavy atom. The minimum absolute atomic E-state index is 0.00406. The third kappa shape index (κ3) is 3.15. The van der Waals surface area contributed by atoms with Crippen molar-refractivity contribution in [2.45, 2.75) is 4.90 Å². The number of benzene rings is 2. The molecule has 0 radical (unpaired) electrons. The molecule has 10 heteroatoms. The van der Waals surface area contributed by atoms with E-state index in [1.54, 1.807) is 34.9 Å². The van der Waals surface area contributed by atoms with Gasteiger partial charge < -0.3 is 4.42 Å². The Morgan fingerprint density at radius 3 is 2.86 bits per heavy atom. The number of nitrogens with zero attached hydrogens (tertiary/aromatic N) is 3. The SMILES string of the molecule is O=c1[nH]c2cc(S(=O)(=O)Nc3cccc(-c4cn5cccnc5n4)c3)ccc2o1. The number of sulfonamides is 1. The van der Waals surface area contributed by atoms with E-state index >= 15 is 0 Å². The number of H-pyrrole nitrogens is 1. The number of oxazole rings is 1. The van der Waals surface area contributed by atoms with E-state index in [4.69, 9.17) is 4.42 Å². The van der Waals surface area contributed by atoms with Gasteiger partial charge in [0.2, 0.25) is 5.78 Å². The molecule has 5 rings (SSSR count). The average molecular weight is 407 g/mol. The van der Waals surface area contributed by atoms with Crippen LogP contribution in [0.4, 0.5) is 5.69 Å². The van der Waals surface area contributed by atoms with Crippen LogP contribution in [0.5, 0.6) is 0 Å². The number of fused-ring (bicyclic) bond motifs is 2. The number of aromatic nitrogens is 4. The number of imidazole rings is 1. The van der Waals surface area contributed by atoms with Crippen LogP contribution < -0.4 is 10.5 Å². The molecule has 2 aromatic carbocycles. The largest absolute Gasteiger partial charge is 0.417 e. The van der Waals surface area contributed by atoms with Gasteiger partial charge in [0.05, 0.1) is 16.1 Å². The van der Waals surface area contributed by atoms with Crippen LogP contribution in [0.2, 0.25) is 0 Å². The first-order valence-electron chi connectivity index (χ1n) is 8.54. The van der Waals surface area contributed by atoms with E-state index in [9.17, 15) is 13.2 Å². The first kappa shape index (κ1) is 17.2. The molecule has 2 N–H and O–H groups in total. The molecule has 0 aliphatic heterocycles. The van der Waals surface area contributed by atoms with Crippen molar-refractivity contribution in [1.29, 1.82) is 0 Å². The minimum atomic E-state index is -3.87. The van der Waals surface area contributed by atoms with Crippen LogP contribution in [-0.2, 0) is 10.0 Å². The highest BCUT2D eigenvalue weighted by molar-refractivity contribution is 7.92. The van der Waals surface area contributed by atoms with Gasteiger partial charge in [-0.2, -0.15) is 0 Å². The van der Waals surface area contributed by atoms with Crippen molar-refractivity contribution < 1.29 is 12.8 Å². The molecule has 9 nitrogen and oxygen atoms in total. The fourth-order valence-electron chi connectivity index (χ4n) is 3.02. The second-order valence-corrected chi connectivity index (χ2v) is 7.99. The van der Waals surface area contributed by atoms with Gasteiger partial charge in [-0.1, -0.05) is 12.1 Å². The normalized spacial score (nSPS) is 11.9. The zero-order chi connectivity index (χ0) is 20.0. The summed E-state index contributed by atoms with van der Waals surface area (Å²) in [6.07, 6.45) is 5.31. The van der Waals surface area contributed by atoms with E-state index in [2.05, 4.69) is 19.7 Å². The number of aromatic amines is 1. The molecule has 0 aliphatic carbocycles. The van der Waals surface area contributed by atoms with Crippen LogP contribution in [0.25, 0.3) is 28.1 Å². The fraction of sp³-hybridized carbons (Fsp3) is 0. The third-order valence-corrected chi connectivity index (χ3v) is 5.73. The summed E-state index contributed by atoms with van der Waals surface area (Å²) in [7, 11) is -3.87. The Kier molecular flexibility index (Phi) is 3.74. The van der Waals surface area contributed by atoms with Gasteiger partial charge in [-0.05, 0) is 36.4 Å². The van der Waals surface area contributed by atoms with Crippen molar-refractivity contribution >= 4 is 32.6 Å². The highest BCUT2D eigenvalue weighted by Crippen LogP contribution is 2.24. The van der Waals surface area contributed by atoms with Crippen molar-refractivity contribution in [3.8, 4) is 11.3 Å². The van der Waals surface area contributed by atoms with Gasteiger partial charge in [0.15, 0.2) is 5.58 Å². The second kappa shape index (κ2) is 6.31. The monoisotopic (exact) mass is 407 g/mol. The molecule has 0 amide bonds. The molecule has 29 heavy (non-hydrogen) atoms. The van der Waals surface area contributed by atoms with Crippen molar-refractivity contribution in [2.24, 2.45) is 0 Å². The molecule has 3 aromatic heterocycles. The molecule has 0 saturated heterocycles. The minimum Gasteiger partial charge on any atom is -0.408 e. The summed E-state index contributed by atoms with van der Waals surface area (Å²) >= 11 is 0. The molecule has 0 unspecified atom stereocenters. The number of hydrogen-bond donors (Lipinski definition) is 2. The number of hydrogen-bond acceptors (Lipinski definition) is 6. The van der Waals surface area contributed by atoms with Crippen molar-refractivity contribution in [2.75, 3.05) is 4.72 Å². The van der Waals surface area contributed by atoms with Gasteiger partial charge >= 0.3 is 5.76 Å². The smallest absolute Gasteiger partial charge is 0.408 e. The molecule has 0 atom stereocenters. The standard InChI is InChI=1S/C19H13N5O4S/c25-19-22-15-10-14(5-6-17(15)28-19)29(26,27)23-13-4-1-3-12(9-13)16-11-24-8-2-7-20-18(24)21-16/h1-11,23H,(H,22,25). The molecule has 3 heterocycles. The maximum Gasteiger partial charge on any atom is 0.417 e. The molecular formula is C19H13N5O4S. The third-order valence-electron chi connectivity index (χ3n) is 4.35. The van der Waals surface area contributed by atoms with E-state index in [-0.39, 0.29) is 10.5 Å². The lowest BCUT2D eigenvalue weighted by Crippen LogP contribution is -2.12. The zero-order valence-electron chi connectivity index (χ0n) is 14.7. The predicted molar refractivity (Wildman–Crippen MR) is 106 cm³/mol. The van der Waals surface area contributed by atoms with E-state index in [1.807, 2.05) is 18.5 Å². The van der Waals surface area contributed by atoms with E-state index in [1.165, 1.54) is 18.2 Å². The van der Waals surface area contributed by atoms with E-state index in [0.717, 1.165) is 5.56 Å². The van der Waals surface area contributed by atoms with Crippen LogP contribution in [-0.4, -0.2) is 27.8 Å². The number of nitrogens with one attached hydrogen (secondary N) is 2. The van der Waals surface area contributed by atoms with Gasteiger partial charge in [-0.15, -0.1) is 0 Å². The summed E-state index contributed by atoms with van der Waals surface area (Å²) < 4.78 is 34.8. The van der Waals surface area contributed by atoms with Gasteiger partial charge in [-0.25, -0.2) is 23.2 Å². The van der Waals surface area contributed by atoms with Crippen molar-refractivity contribution in [3.63, 3.8) is 0 Å². The first-order chi connectivity index (χ1) is 14.0. The molecule has 0 bridgehead atoms. The lowest BCUT2D eigenvalue weighted by Gasteiger charge is -2.09. The van der Waals surface area contributed by atoms with Crippen LogP contribution in [0, 0.1) is 0 Å². The molecule has 0 aliphatic rings. The average Bonchev–Trinajstić information content (AvgIpc) is 3.29. The Morgan fingerprint density at radius 2 is 2.00 bits per heavy atom. The van der Waals surface area contributed by atoms with E-state index < -0.39 is 15.8 Å². The number of anilines is 1. The summed E-state index contributed by atoms with van der Waals surface area (Å²) in [5, 5.41) is 0. The summed E-state index contributed by atoms with van der Waals surface area (Å²) in [6, 6.07) is 12.9. The van der Waals surface area contributed by atoms with Crippen molar-refractivity contribution in [1.82, 2.24) is 19.4 Å². The molecule has 0 fully saturated rings. The Balaban J connectivity index is 1.49. The quantitative estimate of drug-likeness (QED) is 0.472. The summed E-state index contributed by atoms with van der Waals surface area (Å²) in [4.78, 5) is 22.4. The molecule has 144 valence electrons. The maximum atomic E-state index is 12.8. The van der Waals surface area contributed by atoms with Gasteiger partial charge in [-0.3, -0.25) is 14.1 Å². The summed E-state index contributed by atoms with van der Waals surface area (Å²) in [5.41, 5.74) is 2.39. The molecule has 0 saturated carbocycles. The molecule has 5 aromatic rings. The maximum absolute atomic E-state index is 12.8. The molecular weight excluding hydrogens is 394 g/mol. The second-order valence-electron chi connectivity index (χ2n) is 6.31. The highest BCUT2D eigenvalue weighted by atomic mass is 32.2.